The first-order valence-electron chi connectivity index (χ1n) is 4.99. The Morgan fingerprint density at radius 3 is 2.20 bits per heavy atom. The van der Waals surface area contributed by atoms with Crippen LogP contribution in [0.5, 0.6) is 0 Å². The summed E-state index contributed by atoms with van der Waals surface area (Å²) in [7, 11) is 1.35. The van der Waals surface area contributed by atoms with Gasteiger partial charge in [0.15, 0.2) is 5.60 Å². The van der Waals surface area contributed by atoms with Crippen LogP contribution in [-0.4, -0.2) is 34.9 Å². The first-order valence-corrected chi connectivity index (χ1v) is 4.99. The highest BCUT2D eigenvalue weighted by Gasteiger charge is 2.37. The van der Waals surface area contributed by atoms with Crippen molar-refractivity contribution in [2.75, 3.05) is 7.11 Å². The fraction of sp³-hybridized carbons (Fsp3) is 0.800. The zero-order chi connectivity index (χ0) is 11.9. The van der Waals surface area contributed by atoms with Crippen molar-refractivity contribution in [3.8, 4) is 0 Å². The average Bonchev–Trinajstić information content (AvgIpc) is 2.15. The van der Waals surface area contributed by atoms with Crippen LogP contribution < -0.4 is 0 Å². The molecule has 88 valence electrons. The fourth-order valence-corrected chi connectivity index (χ4v) is 1.56. The smallest absolute Gasteiger partial charge is 0.335 e. The van der Waals surface area contributed by atoms with Crippen molar-refractivity contribution in [1.29, 1.82) is 0 Å². The summed E-state index contributed by atoms with van der Waals surface area (Å²) in [5.41, 5.74) is -1.22. The molecule has 1 unspecified atom stereocenters. The lowest BCUT2D eigenvalue weighted by Crippen LogP contribution is -2.40. The van der Waals surface area contributed by atoms with E-state index in [0.29, 0.717) is 19.3 Å². The van der Waals surface area contributed by atoms with E-state index in [1.165, 1.54) is 7.11 Å². The summed E-state index contributed by atoms with van der Waals surface area (Å²) in [4.78, 5) is 21.4. The van der Waals surface area contributed by atoms with Crippen LogP contribution in [0.25, 0.3) is 0 Å². The largest absolute Gasteiger partial charge is 0.481 e. The third-order valence-corrected chi connectivity index (χ3v) is 2.41. The highest BCUT2D eigenvalue weighted by Crippen LogP contribution is 2.24. The van der Waals surface area contributed by atoms with Crippen molar-refractivity contribution in [3.05, 3.63) is 0 Å². The van der Waals surface area contributed by atoms with Crippen molar-refractivity contribution in [2.45, 2.75) is 44.6 Å². The first kappa shape index (κ1) is 13.9. The van der Waals surface area contributed by atoms with Crippen molar-refractivity contribution in [1.82, 2.24) is 0 Å². The van der Waals surface area contributed by atoms with E-state index in [1.807, 2.05) is 6.92 Å². The Morgan fingerprint density at radius 1 is 1.27 bits per heavy atom. The Balaban J connectivity index is 4.34. The second-order valence-electron chi connectivity index (χ2n) is 3.50. The number of hydrogen-bond donors (Lipinski definition) is 2. The topological polar surface area (TPSA) is 83.8 Å². The number of carbonyl (C=O) groups is 2. The molecule has 0 bridgehead atoms. The monoisotopic (exact) mass is 218 g/mol. The molecule has 0 aromatic rings. The molecule has 2 N–H and O–H groups in total. The number of methoxy groups -OCH3 is 1. The number of hydrogen-bond acceptors (Lipinski definition) is 3. The van der Waals surface area contributed by atoms with Gasteiger partial charge in [0.25, 0.3) is 0 Å². The minimum atomic E-state index is -1.22. The summed E-state index contributed by atoms with van der Waals surface area (Å²) in [5, 5.41) is 17.5. The van der Waals surface area contributed by atoms with Gasteiger partial charge in [-0.2, -0.15) is 0 Å². The summed E-state index contributed by atoms with van der Waals surface area (Å²) in [5.74, 6) is -1.93. The Hall–Kier alpha value is -1.10. The Labute approximate surface area is 89.0 Å². The molecule has 0 rings (SSSR count). The summed E-state index contributed by atoms with van der Waals surface area (Å²) < 4.78 is 5.03. The summed E-state index contributed by atoms with van der Waals surface area (Å²) in [6, 6.07) is 0. The van der Waals surface area contributed by atoms with E-state index in [2.05, 4.69) is 0 Å². The van der Waals surface area contributed by atoms with Gasteiger partial charge in [-0.05, 0) is 19.3 Å². The average molecular weight is 218 g/mol. The van der Waals surface area contributed by atoms with Crippen LogP contribution in [-0.2, 0) is 14.3 Å². The highest BCUT2D eigenvalue weighted by molar-refractivity contribution is 5.77. The number of aliphatic carboxylic acids is 2. The van der Waals surface area contributed by atoms with E-state index in [-0.39, 0.29) is 12.8 Å². The van der Waals surface area contributed by atoms with E-state index in [0.717, 1.165) is 0 Å². The third-order valence-electron chi connectivity index (χ3n) is 2.41. The minimum Gasteiger partial charge on any atom is -0.481 e. The summed E-state index contributed by atoms with van der Waals surface area (Å²) in [6.45, 7) is 1.87. The van der Waals surface area contributed by atoms with Crippen LogP contribution in [0.15, 0.2) is 0 Å². The van der Waals surface area contributed by atoms with Crippen LogP contribution in [0.2, 0.25) is 0 Å². The molecular formula is C10H18O5. The minimum absolute atomic E-state index is 0.0257. The van der Waals surface area contributed by atoms with Crippen molar-refractivity contribution in [3.63, 3.8) is 0 Å². The molecule has 0 aliphatic carbocycles. The van der Waals surface area contributed by atoms with Crippen LogP contribution in [0.1, 0.15) is 39.0 Å². The van der Waals surface area contributed by atoms with Gasteiger partial charge in [0, 0.05) is 13.5 Å². The normalized spacial score (nSPS) is 14.5. The molecule has 0 radical (unpaired) electrons. The first-order chi connectivity index (χ1) is 6.98. The van der Waals surface area contributed by atoms with Crippen molar-refractivity contribution >= 4 is 11.9 Å². The van der Waals surface area contributed by atoms with Crippen LogP contribution in [0, 0.1) is 0 Å². The van der Waals surface area contributed by atoms with E-state index in [1.54, 1.807) is 0 Å². The van der Waals surface area contributed by atoms with Crippen LogP contribution in [0.4, 0.5) is 0 Å². The van der Waals surface area contributed by atoms with Gasteiger partial charge in [-0.25, -0.2) is 4.79 Å². The van der Waals surface area contributed by atoms with Gasteiger partial charge in [-0.1, -0.05) is 13.3 Å². The quantitative estimate of drug-likeness (QED) is 0.645. The standard InChI is InChI=1S/C10H18O5/c1-3-6-10(15-2,9(13)14)7-4-5-8(11)12/h3-7H2,1-2H3,(H,11,12)(H,13,14). The molecule has 0 aliphatic rings. The van der Waals surface area contributed by atoms with E-state index in [4.69, 9.17) is 14.9 Å². The number of carboxylic acid groups (broad SMARTS) is 2. The Morgan fingerprint density at radius 2 is 1.87 bits per heavy atom. The van der Waals surface area contributed by atoms with Gasteiger partial charge in [-0.15, -0.1) is 0 Å². The molecule has 0 saturated heterocycles. The number of carboxylic acids is 2. The molecule has 0 fully saturated rings. The number of rotatable bonds is 8. The molecular weight excluding hydrogens is 200 g/mol. The van der Waals surface area contributed by atoms with E-state index >= 15 is 0 Å². The van der Waals surface area contributed by atoms with Crippen molar-refractivity contribution in [2.24, 2.45) is 0 Å². The lowest BCUT2D eigenvalue weighted by atomic mass is 9.91. The SMILES string of the molecule is CCCC(CCCC(=O)O)(OC)C(=O)O. The van der Waals surface area contributed by atoms with Gasteiger partial charge in [0.1, 0.15) is 0 Å². The Kier molecular flexibility index (Phi) is 5.93. The zero-order valence-corrected chi connectivity index (χ0v) is 9.15. The maximum absolute atomic E-state index is 11.0. The van der Waals surface area contributed by atoms with Gasteiger partial charge < -0.3 is 14.9 Å². The maximum Gasteiger partial charge on any atom is 0.335 e. The molecule has 0 aromatic carbocycles. The summed E-state index contributed by atoms with van der Waals surface area (Å²) >= 11 is 0. The van der Waals surface area contributed by atoms with Gasteiger partial charge in [0.05, 0.1) is 0 Å². The van der Waals surface area contributed by atoms with Gasteiger partial charge in [0.2, 0.25) is 0 Å². The van der Waals surface area contributed by atoms with E-state index in [9.17, 15) is 9.59 Å². The fourth-order valence-electron chi connectivity index (χ4n) is 1.56. The Bertz CT molecular complexity index is 226. The third kappa shape index (κ3) is 4.29. The van der Waals surface area contributed by atoms with Gasteiger partial charge >= 0.3 is 11.9 Å². The lowest BCUT2D eigenvalue weighted by Gasteiger charge is -2.27. The maximum atomic E-state index is 11.0. The number of ether oxygens (including phenoxy) is 1. The molecule has 15 heavy (non-hydrogen) atoms. The molecule has 0 amide bonds. The lowest BCUT2D eigenvalue weighted by molar-refractivity contribution is -0.164. The second kappa shape index (κ2) is 6.40. The molecule has 0 heterocycles. The predicted octanol–water partition coefficient (Wildman–Crippen LogP) is 1.51. The van der Waals surface area contributed by atoms with Crippen molar-refractivity contribution < 1.29 is 24.5 Å². The molecule has 0 aromatic heterocycles. The highest BCUT2D eigenvalue weighted by atomic mass is 16.5. The van der Waals surface area contributed by atoms with Gasteiger partial charge in [-0.3, -0.25) is 4.79 Å². The second-order valence-corrected chi connectivity index (χ2v) is 3.50. The van der Waals surface area contributed by atoms with E-state index < -0.39 is 17.5 Å². The molecule has 0 spiro atoms. The molecule has 0 saturated carbocycles. The predicted molar refractivity (Wildman–Crippen MR) is 53.8 cm³/mol. The van der Waals surface area contributed by atoms with Crippen LogP contribution in [0.3, 0.4) is 0 Å². The van der Waals surface area contributed by atoms with Crippen LogP contribution >= 0.6 is 0 Å². The molecule has 5 nitrogen and oxygen atoms in total. The molecule has 1 atom stereocenters. The molecule has 0 aliphatic heterocycles. The summed E-state index contributed by atoms with van der Waals surface area (Å²) in [6.07, 6.45) is 1.61. The molecule has 5 heteroatoms. The zero-order valence-electron chi connectivity index (χ0n) is 9.15.